The van der Waals surface area contributed by atoms with Gasteiger partial charge in [0.05, 0.1) is 10.5 Å². The molecule has 0 bridgehead atoms. The lowest BCUT2D eigenvalue weighted by Gasteiger charge is -2.02. The molecule has 4 nitrogen and oxygen atoms in total. The van der Waals surface area contributed by atoms with Gasteiger partial charge >= 0.3 is 0 Å². The molecule has 0 spiro atoms. The Labute approximate surface area is 76.3 Å². The van der Waals surface area contributed by atoms with Gasteiger partial charge < -0.3 is 5.73 Å². The van der Waals surface area contributed by atoms with Crippen molar-refractivity contribution in [1.82, 2.24) is 0 Å². The zero-order valence-electron chi connectivity index (χ0n) is 7.02. The second kappa shape index (κ2) is 3.18. The second-order valence-corrected chi connectivity index (χ2v) is 4.62. The molecule has 0 saturated heterocycles. The van der Waals surface area contributed by atoms with Gasteiger partial charge in [-0.2, -0.15) is 0 Å². The normalized spacial score (nSPS) is 11.2. The van der Waals surface area contributed by atoms with Crippen molar-refractivity contribution in [3.63, 3.8) is 0 Å². The summed E-state index contributed by atoms with van der Waals surface area (Å²) in [6.07, 6.45) is 1.04. The van der Waals surface area contributed by atoms with Crippen molar-refractivity contribution in [1.29, 1.82) is 0 Å². The van der Waals surface area contributed by atoms with Crippen molar-refractivity contribution in [3.05, 3.63) is 29.8 Å². The van der Waals surface area contributed by atoms with Gasteiger partial charge in [0.25, 0.3) is 0 Å². The Morgan fingerprint density at radius 1 is 1.31 bits per heavy atom. The lowest BCUT2D eigenvalue weighted by atomic mass is 10.2. The number of nitrogens with two attached hydrogens (primary N) is 1. The van der Waals surface area contributed by atoms with Gasteiger partial charge in [0.2, 0.25) is 5.91 Å². The van der Waals surface area contributed by atoms with E-state index >= 15 is 0 Å². The van der Waals surface area contributed by atoms with Crippen LogP contribution in [0.5, 0.6) is 0 Å². The third kappa shape index (κ3) is 2.06. The van der Waals surface area contributed by atoms with Crippen LogP contribution >= 0.6 is 0 Å². The van der Waals surface area contributed by atoms with E-state index in [-0.39, 0.29) is 10.5 Å². The number of hydrogen-bond donors (Lipinski definition) is 1. The predicted octanol–water partition coefficient (Wildman–Crippen LogP) is 0.189. The summed E-state index contributed by atoms with van der Waals surface area (Å²) >= 11 is 0. The maximum atomic E-state index is 11.2. The zero-order chi connectivity index (χ0) is 10.1. The van der Waals surface area contributed by atoms with Gasteiger partial charge in [-0.25, -0.2) is 8.42 Å². The number of carbonyl (C=O) groups is 1. The van der Waals surface area contributed by atoms with Crippen LogP contribution in [-0.2, 0) is 9.84 Å². The molecule has 0 saturated carbocycles. The Morgan fingerprint density at radius 3 is 2.23 bits per heavy atom. The Kier molecular flexibility index (Phi) is 2.38. The van der Waals surface area contributed by atoms with Crippen LogP contribution in [0.15, 0.2) is 29.2 Å². The lowest BCUT2D eigenvalue weighted by molar-refractivity contribution is 0.0997. The molecule has 1 aromatic carbocycles. The highest BCUT2D eigenvalue weighted by atomic mass is 32.2. The smallest absolute Gasteiger partial charge is 0.250 e. The topological polar surface area (TPSA) is 77.2 Å². The fourth-order valence-electron chi connectivity index (χ4n) is 0.994. The molecule has 0 heterocycles. The summed E-state index contributed by atoms with van der Waals surface area (Å²) < 4.78 is 22.3. The van der Waals surface area contributed by atoms with Gasteiger partial charge in [-0.3, -0.25) is 4.79 Å². The summed E-state index contributed by atoms with van der Waals surface area (Å²) in [7, 11) is -3.38. The van der Waals surface area contributed by atoms with E-state index < -0.39 is 15.7 Å². The number of hydrogen-bond acceptors (Lipinski definition) is 3. The monoisotopic (exact) mass is 199 g/mol. The molecule has 0 aliphatic heterocycles. The molecular formula is C8H9NO3S. The molecule has 0 aliphatic rings. The molecule has 1 rings (SSSR count). The lowest BCUT2D eigenvalue weighted by Crippen LogP contribution is -2.15. The number of sulfone groups is 1. The third-order valence-electron chi connectivity index (χ3n) is 1.55. The minimum atomic E-state index is -3.38. The number of amides is 1. The van der Waals surface area contributed by atoms with E-state index in [9.17, 15) is 13.2 Å². The van der Waals surface area contributed by atoms with Crippen molar-refractivity contribution < 1.29 is 13.2 Å². The van der Waals surface area contributed by atoms with E-state index in [1.807, 2.05) is 0 Å². The fraction of sp³-hybridized carbons (Fsp3) is 0.125. The maximum Gasteiger partial charge on any atom is 0.250 e. The summed E-state index contributed by atoms with van der Waals surface area (Å²) in [4.78, 5) is 10.8. The Balaban J connectivity index is 3.46. The van der Waals surface area contributed by atoms with Gasteiger partial charge in [-0.15, -0.1) is 0 Å². The molecule has 0 aromatic heterocycles. The highest BCUT2D eigenvalue weighted by Crippen LogP contribution is 2.13. The zero-order valence-corrected chi connectivity index (χ0v) is 7.84. The molecule has 1 aromatic rings. The van der Waals surface area contributed by atoms with E-state index in [0.29, 0.717) is 0 Å². The first-order chi connectivity index (χ1) is 5.93. The number of primary amides is 1. The van der Waals surface area contributed by atoms with Crippen molar-refractivity contribution in [3.8, 4) is 0 Å². The van der Waals surface area contributed by atoms with Crippen LogP contribution in [0.1, 0.15) is 10.4 Å². The molecule has 13 heavy (non-hydrogen) atoms. The SMILES string of the molecule is CS(=O)(=O)c1ccccc1C(N)=O. The van der Waals surface area contributed by atoms with Crippen LogP contribution in [0.2, 0.25) is 0 Å². The van der Waals surface area contributed by atoms with E-state index in [0.717, 1.165) is 6.26 Å². The highest BCUT2D eigenvalue weighted by molar-refractivity contribution is 7.90. The van der Waals surface area contributed by atoms with Crippen LogP contribution in [-0.4, -0.2) is 20.6 Å². The van der Waals surface area contributed by atoms with Crippen LogP contribution in [0, 0.1) is 0 Å². The molecule has 0 aliphatic carbocycles. The second-order valence-electron chi connectivity index (χ2n) is 2.63. The first-order valence-corrected chi connectivity index (χ1v) is 5.41. The number of rotatable bonds is 2. The minimum absolute atomic E-state index is 0.0255. The van der Waals surface area contributed by atoms with Crippen LogP contribution in [0.25, 0.3) is 0 Å². The van der Waals surface area contributed by atoms with Crippen molar-refractivity contribution in [2.45, 2.75) is 4.90 Å². The third-order valence-corrected chi connectivity index (χ3v) is 2.71. The van der Waals surface area contributed by atoms with Crippen LogP contribution in [0.4, 0.5) is 0 Å². The van der Waals surface area contributed by atoms with E-state index in [4.69, 9.17) is 5.73 Å². The van der Waals surface area contributed by atoms with E-state index in [1.165, 1.54) is 12.1 Å². The molecule has 0 radical (unpaired) electrons. The van der Waals surface area contributed by atoms with Gasteiger partial charge in [0.15, 0.2) is 9.84 Å². The van der Waals surface area contributed by atoms with Gasteiger partial charge in [0, 0.05) is 6.26 Å². The van der Waals surface area contributed by atoms with E-state index in [1.54, 1.807) is 12.1 Å². The molecular weight excluding hydrogens is 190 g/mol. The van der Waals surface area contributed by atoms with Gasteiger partial charge in [-0.05, 0) is 12.1 Å². The summed E-state index contributed by atoms with van der Waals surface area (Å²) in [5.41, 5.74) is 5.04. The quantitative estimate of drug-likeness (QED) is 0.738. The number of carbonyl (C=O) groups excluding carboxylic acids is 1. The number of benzene rings is 1. The van der Waals surface area contributed by atoms with Crippen LogP contribution < -0.4 is 5.73 Å². The summed E-state index contributed by atoms with van der Waals surface area (Å²) in [6, 6.07) is 5.85. The van der Waals surface area contributed by atoms with Gasteiger partial charge in [0.1, 0.15) is 0 Å². The Bertz CT molecular complexity index is 436. The van der Waals surface area contributed by atoms with Gasteiger partial charge in [-0.1, -0.05) is 12.1 Å². The fourth-order valence-corrected chi connectivity index (χ4v) is 1.89. The summed E-state index contributed by atoms with van der Waals surface area (Å²) in [5.74, 6) is -0.735. The summed E-state index contributed by atoms with van der Waals surface area (Å²) in [6.45, 7) is 0. The summed E-state index contributed by atoms with van der Waals surface area (Å²) in [5, 5.41) is 0. The Hall–Kier alpha value is -1.36. The molecule has 0 fully saturated rings. The van der Waals surface area contributed by atoms with Crippen LogP contribution in [0.3, 0.4) is 0 Å². The van der Waals surface area contributed by atoms with Crippen molar-refractivity contribution in [2.24, 2.45) is 5.73 Å². The minimum Gasteiger partial charge on any atom is -0.366 e. The van der Waals surface area contributed by atoms with Crippen molar-refractivity contribution in [2.75, 3.05) is 6.26 Å². The average molecular weight is 199 g/mol. The maximum absolute atomic E-state index is 11.2. The molecule has 1 amide bonds. The molecule has 5 heteroatoms. The molecule has 0 unspecified atom stereocenters. The molecule has 0 atom stereocenters. The largest absolute Gasteiger partial charge is 0.366 e. The average Bonchev–Trinajstić information content (AvgIpc) is 2.03. The Morgan fingerprint density at radius 2 is 1.85 bits per heavy atom. The first kappa shape index (κ1) is 9.73. The van der Waals surface area contributed by atoms with E-state index in [2.05, 4.69) is 0 Å². The standard InChI is InChI=1S/C8H9NO3S/c1-13(11,12)7-5-3-2-4-6(7)8(9)10/h2-5H,1H3,(H2,9,10). The predicted molar refractivity (Wildman–Crippen MR) is 48.1 cm³/mol. The molecule has 2 N–H and O–H groups in total. The molecule has 70 valence electrons. The van der Waals surface area contributed by atoms with Crippen molar-refractivity contribution >= 4 is 15.7 Å². The first-order valence-electron chi connectivity index (χ1n) is 3.52. The highest BCUT2D eigenvalue weighted by Gasteiger charge is 2.15.